The average molecular weight is 669 g/mol. The SMILES string of the molecule is C=C(C)c1cc(Cl)ccc1C(c1ccccn1)N1CCN(C(=O)OC(C)(C)C)CC1.CC.CN=CN/C=C/CNC(=O)OC1(C)CC1. The van der Waals surface area contributed by atoms with Crippen molar-refractivity contribution in [2.24, 2.45) is 4.99 Å². The summed E-state index contributed by atoms with van der Waals surface area (Å²) in [4.78, 5) is 36.1. The van der Waals surface area contributed by atoms with Crippen LogP contribution in [0, 0.1) is 0 Å². The van der Waals surface area contributed by atoms with E-state index in [1.54, 1.807) is 30.6 Å². The topological polar surface area (TPSA) is 108 Å². The third-order valence-corrected chi connectivity index (χ3v) is 7.38. The number of piperazine rings is 1. The maximum absolute atomic E-state index is 12.5. The molecule has 2 aliphatic rings. The number of nitrogens with zero attached hydrogens (tertiary/aromatic N) is 4. The number of benzene rings is 1. The molecular weight excluding hydrogens is 616 g/mol. The van der Waals surface area contributed by atoms with Gasteiger partial charge >= 0.3 is 12.2 Å². The Morgan fingerprint density at radius 1 is 1.15 bits per heavy atom. The van der Waals surface area contributed by atoms with Gasteiger partial charge in [0, 0.05) is 51.0 Å². The summed E-state index contributed by atoms with van der Waals surface area (Å²) in [6, 6.07) is 11.9. The largest absolute Gasteiger partial charge is 0.444 e. The molecule has 1 atom stereocenters. The van der Waals surface area contributed by atoms with E-state index in [9.17, 15) is 9.59 Å². The van der Waals surface area contributed by atoms with Gasteiger partial charge in [-0.1, -0.05) is 49.7 Å². The first-order chi connectivity index (χ1) is 22.3. The van der Waals surface area contributed by atoms with Crippen LogP contribution in [0.25, 0.3) is 5.57 Å². The number of carbonyl (C=O) groups is 2. The second-order valence-corrected chi connectivity index (χ2v) is 12.8. The van der Waals surface area contributed by atoms with Gasteiger partial charge < -0.3 is 25.0 Å². The molecule has 10 nitrogen and oxygen atoms in total. The molecule has 1 aromatic carbocycles. The zero-order chi connectivity index (χ0) is 35.0. The fourth-order valence-electron chi connectivity index (χ4n) is 4.63. The summed E-state index contributed by atoms with van der Waals surface area (Å²) in [5.41, 5.74) is 3.38. The second kappa shape index (κ2) is 19.1. The molecule has 4 rings (SSSR count). The Bertz CT molecular complexity index is 1350. The Morgan fingerprint density at radius 2 is 1.83 bits per heavy atom. The monoisotopic (exact) mass is 668 g/mol. The van der Waals surface area contributed by atoms with Crippen LogP contribution in [0.4, 0.5) is 9.59 Å². The molecule has 2 heterocycles. The molecule has 47 heavy (non-hydrogen) atoms. The van der Waals surface area contributed by atoms with Gasteiger partial charge in [-0.05, 0) is 95.1 Å². The van der Waals surface area contributed by atoms with Gasteiger partial charge in [0.25, 0.3) is 0 Å². The minimum atomic E-state index is -0.496. The van der Waals surface area contributed by atoms with Gasteiger partial charge in [-0.3, -0.25) is 14.9 Å². The van der Waals surface area contributed by atoms with Crippen LogP contribution in [0.1, 0.15) is 84.2 Å². The van der Waals surface area contributed by atoms with Crippen LogP contribution in [-0.4, -0.2) is 84.3 Å². The number of hydrogen-bond acceptors (Lipinski definition) is 7. The number of aliphatic imine (C=N–C) groups is 1. The van der Waals surface area contributed by atoms with E-state index in [1.165, 1.54) is 0 Å². The predicted octanol–water partition coefficient (Wildman–Crippen LogP) is 7.46. The lowest BCUT2D eigenvalue weighted by molar-refractivity contribution is 0.0118. The fraction of sp³-hybridized carbons (Fsp3) is 0.500. The minimum Gasteiger partial charge on any atom is -0.444 e. The van der Waals surface area contributed by atoms with Crippen molar-refractivity contribution in [3.63, 3.8) is 0 Å². The Labute approximate surface area is 286 Å². The molecule has 1 aliphatic heterocycles. The van der Waals surface area contributed by atoms with Gasteiger partial charge in [0.1, 0.15) is 11.2 Å². The quantitative estimate of drug-likeness (QED) is 0.211. The highest BCUT2D eigenvalue weighted by Crippen LogP contribution is 2.38. The standard InChI is InChI=1S/C24H30ClN3O2.C10H17N3O2.C2H6/c1-17(2)20-16-18(25)9-10-19(20)22(21-8-6-7-11-26-21)27-12-14-28(15-13-27)23(29)30-24(3,4)5;1-10(4-5-10)15-9(14)13-7-3-6-12-8-11-2;1-2/h6-11,16,22H,1,12-15H2,2-5H3;3,6,8H,4-5,7H2,1-2H3,(H,11,12)(H,13,14);1-2H3/b;6-3+;. The Hall–Kier alpha value is -3.89. The van der Waals surface area contributed by atoms with Crippen molar-refractivity contribution in [2.75, 3.05) is 39.8 Å². The number of alkyl carbamates (subject to hydrolysis) is 1. The van der Waals surface area contributed by atoms with Crippen LogP contribution in [0.5, 0.6) is 0 Å². The molecule has 2 aromatic rings. The van der Waals surface area contributed by atoms with Gasteiger partial charge in [0.05, 0.1) is 18.1 Å². The Balaban J connectivity index is 0.000000380. The molecule has 0 bridgehead atoms. The van der Waals surface area contributed by atoms with E-state index in [2.05, 4.69) is 38.2 Å². The first kappa shape index (κ1) is 39.3. The average Bonchev–Trinajstić information content (AvgIpc) is 3.76. The van der Waals surface area contributed by atoms with Crippen molar-refractivity contribution < 1.29 is 19.1 Å². The van der Waals surface area contributed by atoms with Crippen LogP contribution in [0.15, 0.2) is 66.4 Å². The van der Waals surface area contributed by atoms with Crippen molar-refractivity contribution in [1.29, 1.82) is 0 Å². The molecule has 2 amide bonds. The summed E-state index contributed by atoms with van der Waals surface area (Å²) >= 11 is 6.28. The Morgan fingerprint density at radius 3 is 2.38 bits per heavy atom. The first-order valence-electron chi connectivity index (χ1n) is 16.2. The molecule has 1 aliphatic carbocycles. The molecule has 1 saturated carbocycles. The van der Waals surface area contributed by atoms with Gasteiger partial charge in [0.15, 0.2) is 0 Å². The zero-order valence-electron chi connectivity index (χ0n) is 29.3. The molecule has 2 N–H and O–H groups in total. The molecule has 1 aromatic heterocycles. The highest BCUT2D eigenvalue weighted by Gasteiger charge is 2.41. The lowest BCUT2D eigenvalue weighted by atomic mass is 9.92. The van der Waals surface area contributed by atoms with Gasteiger partial charge in [-0.2, -0.15) is 0 Å². The lowest BCUT2D eigenvalue weighted by Gasteiger charge is -2.40. The van der Waals surface area contributed by atoms with E-state index < -0.39 is 5.60 Å². The van der Waals surface area contributed by atoms with E-state index >= 15 is 0 Å². The summed E-state index contributed by atoms with van der Waals surface area (Å²) in [5.74, 6) is 0. The van der Waals surface area contributed by atoms with Gasteiger partial charge in [-0.25, -0.2) is 9.59 Å². The number of rotatable bonds is 9. The summed E-state index contributed by atoms with van der Waals surface area (Å²) in [7, 11) is 1.67. The number of aromatic nitrogens is 1. The molecule has 0 spiro atoms. The molecule has 0 radical (unpaired) electrons. The maximum atomic E-state index is 12.5. The number of pyridine rings is 1. The van der Waals surface area contributed by atoms with Gasteiger partial charge in [-0.15, -0.1) is 0 Å². The normalized spacial score (nSPS) is 16.2. The first-order valence-corrected chi connectivity index (χ1v) is 16.6. The number of ether oxygens (including phenoxy) is 2. The smallest absolute Gasteiger partial charge is 0.410 e. The summed E-state index contributed by atoms with van der Waals surface area (Å²) < 4.78 is 10.7. The number of hydrogen-bond donors (Lipinski definition) is 2. The van der Waals surface area contributed by atoms with Crippen LogP contribution in [0.2, 0.25) is 5.02 Å². The van der Waals surface area contributed by atoms with E-state index in [1.807, 2.05) is 85.0 Å². The second-order valence-electron chi connectivity index (χ2n) is 12.3. The van der Waals surface area contributed by atoms with Gasteiger partial charge in [0.2, 0.25) is 0 Å². The van der Waals surface area contributed by atoms with Crippen LogP contribution < -0.4 is 10.6 Å². The summed E-state index contributed by atoms with van der Waals surface area (Å²) in [5, 5.41) is 6.12. The van der Waals surface area contributed by atoms with Crippen LogP contribution in [-0.2, 0) is 9.47 Å². The minimum absolute atomic E-state index is 0.0454. The number of allylic oxidation sites excluding steroid dienone is 1. The molecule has 2 fully saturated rings. The molecule has 11 heteroatoms. The van der Waals surface area contributed by atoms with E-state index in [4.69, 9.17) is 21.1 Å². The third kappa shape index (κ3) is 13.8. The molecule has 1 saturated heterocycles. The lowest BCUT2D eigenvalue weighted by Crippen LogP contribution is -2.51. The van der Waals surface area contributed by atoms with E-state index in [-0.39, 0.29) is 23.8 Å². The molecular formula is C36H53ClN6O4. The highest BCUT2D eigenvalue weighted by molar-refractivity contribution is 6.30. The molecule has 1 unspecified atom stereocenters. The Kier molecular flexibility index (Phi) is 15.9. The van der Waals surface area contributed by atoms with Crippen molar-refractivity contribution in [3.8, 4) is 0 Å². The van der Waals surface area contributed by atoms with Crippen molar-refractivity contribution >= 4 is 35.7 Å². The van der Waals surface area contributed by atoms with E-state index in [0.717, 1.165) is 48.3 Å². The van der Waals surface area contributed by atoms with E-state index in [0.29, 0.717) is 24.7 Å². The highest BCUT2D eigenvalue weighted by atomic mass is 35.5. The number of halogens is 1. The number of nitrogens with one attached hydrogen (secondary N) is 2. The van der Waals surface area contributed by atoms with Crippen LogP contribution >= 0.6 is 11.6 Å². The number of carbonyl (C=O) groups excluding carboxylic acids is 2. The fourth-order valence-corrected chi connectivity index (χ4v) is 4.80. The number of amides is 2. The third-order valence-electron chi connectivity index (χ3n) is 7.14. The maximum Gasteiger partial charge on any atom is 0.410 e. The van der Waals surface area contributed by atoms with Crippen molar-refractivity contribution in [2.45, 2.75) is 78.6 Å². The van der Waals surface area contributed by atoms with Crippen molar-refractivity contribution in [1.82, 2.24) is 25.4 Å². The van der Waals surface area contributed by atoms with Crippen molar-refractivity contribution in [3.05, 3.63) is 83.3 Å². The summed E-state index contributed by atoms with van der Waals surface area (Å²) in [6.45, 7) is 20.8. The predicted molar refractivity (Wildman–Crippen MR) is 192 cm³/mol. The summed E-state index contributed by atoms with van der Waals surface area (Å²) in [6.07, 6.45) is 8.16. The van der Waals surface area contributed by atoms with Crippen LogP contribution in [0.3, 0.4) is 0 Å². The zero-order valence-corrected chi connectivity index (χ0v) is 30.1. The molecule has 258 valence electrons.